The monoisotopic (exact) mass is 198 g/mol. The van der Waals surface area contributed by atoms with Gasteiger partial charge in [-0.25, -0.2) is 0 Å². The van der Waals surface area contributed by atoms with E-state index in [1.165, 1.54) is 19.3 Å². The minimum Gasteiger partial charge on any atom is -0.327 e. The Morgan fingerprint density at radius 3 is 2.43 bits per heavy atom. The summed E-state index contributed by atoms with van der Waals surface area (Å²) in [5.41, 5.74) is 6.16. The van der Waals surface area contributed by atoms with Crippen molar-refractivity contribution in [2.45, 2.75) is 39.2 Å². The van der Waals surface area contributed by atoms with Crippen LogP contribution in [0.15, 0.2) is 0 Å². The maximum absolute atomic E-state index is 6.16. The van der Waals surface area contributed by atoms with E-state index in [1.54, 1.807) is 0 Å². The Morgan fingerprint density at radius 2 is 1.93 bits per heavy atom. The molecule has 0 spiro atoms. The zero-order valence-corrected chi connectivity index (χ0v) is 10.2. The number of hydrogen-bond acceptors (Lipinski definition) is 2. The van der Waals surface area contributed by atoms with Crippen LogP contribution in [0.3, 0.4) is 0 Å². The highest BCUT2D eigenvalue weighted by molar-refractivity contribution is 4.84. The summed E-state index contributed by atoms with van der Waals surface area (Å²) < 4.78 is 0. The minimum absolute atomic E-state index is 0.437. The number of nitrogens with two attached hydrogens (primary N) is 1. The van der Waals surface area contributed by atoms with Gasteiger partial charge in [0.2, 0.25) is 0 Å². The number of rotatable bonds is 3. The van der Waals surface area contributed by atoms with Crippen LogP contribution < -0.4 is 5.73 Å². The molecule has 0 amide bonds. The van der Waals surface area contributed by atoms with Crippen molar-refractivity contribution in [3.05, 3.63) is 0 Å². The fraction of sp³-hybridized carbons (Fsp3) is 1.00. The van der Waals surface area contributed by atoms with Crippen LogP contribution in [0, 0.1) is 17.8 Å². The topological polar surface area (TPSA) is 29.3 Å². The van der Waals surface area contributed by atoms with Crippen molar-refractivity contribution >= 4 is 0 Å². The van der Waals surface area contributed by atoms with Crippen LogP contribution in [-0.4, -0.2) is 31.6 Å². The first kappa shape index (κ1) is 12.0. The van der Waals surface area contributed by atoms with E-state index >= 15 is 0 Å². The van der Waals surface area contributed by atoms with Crippen LogP contribution in [0.4, 0.5) is 0 Å². The molecular formula is C12H26N2. The summed E-state index contributed by atoms with van der Waals surface area (Å²) >= 11 is 0. The van der Waals surface area contributed by atoms with Gasteiger partial charge in [0.25, 0.3) is 0 Å². The predicted octanol–water partition coefficient (Wildman–Crippen LogP) is 1.95. The molecule has 1 rings (SSSR count). The molecule has 0 aromatic rings. The van der Waals surface area contributed by atoms with Gasteiger partial charge in [-0.05, 0) is 51.1 Å². The molecule has 2 N–H and O–H groups in total. The van der Waals surface area contributed by atoms with Crippen molar-refractivity contribution in [2.75, 3.05) is 20.6 Å². The van der Waals surface area contributed by atoms with E-state index in [1.807, 2.05) is 0 Å². The van der Waals surface area contributed by atoms with Gasteiger partial charge in [-0.3, -0.25) is 0 Å². The van der Waals surface area contributed by atoms with Gasteiger partial charge in [0.05, 0.1) is 0 Å². The van der Waals surface area contributed by atoms with Crippen molar-refractivity contribution in [3.63, 3.8) is 0 Å². The smallest absolute Gasteiger partial charge is 0.00795 e. The highest BCUT2D eigenvalue weighted by atomic mass is 15.1. The summed E-state index contributed by atoms with van der Waals surface area (Å²) in [7, 11) is 4.29. The van der Waals surface area contributed by atoms with E-state index in [4.69, 9.17) is 5.73 Å². The Labute approximate surface area is 88.8 Å². The molecule has 3 atom stereocenters. The van der Waals surface area contributed by atoms with E-state index in [-0.39, 0.29) is 0 Å². The van der Waals surface area contributed by atoms with Gasteiger partial charge in [-0.2, -0.15) is 0 Å². The van der Waals surface area contributed by atoms with Crippen LogP contribution in [0.1, 0.15) is 33.1 Å². The first-order chi connectivity index (χ1) is 6.50. The summed E-state index contributed by atoms with van der Waals surface area (Å²) in [4.78, 5) is 2.27. The minimum atomic E-state index is 0.437. The maximum Gasteiger partial charge on any atom is 0.00795 e. The van der Waals surface area contributed by atoms with E-state index in [0.717, 1.165) is 18.4 Å². The highest BCUT2D eigenvalue weighted by Gasteiger charge is 2.29. The third kappa shape index (κ3) is 3.25. The van der Waals surface area contributed by atoms with Gasteiger partial charge in [0, 0.05) is 12.6 Å². The van der Waals surface area contributed by atoms with Gasteiger partial charge in [0.1, 0.15) is 0 Å². The molecule has 1 aliphatic rings. The summed E-state index contributed by atoms with van der Waals surface area (Å²) in [5, 5.41) is 0. The van der Waals surface area contributed by atoms with Crippen LogP contribution in [0.2, 0.25) is 0 Å². The lowest BCUT2D eigenvalue weighted by atomic mass is 9.74. The Morgan fingerprint density at radius 1 is 1.29 bits per heavy atom. The lowest BCUT2D eigenvalue weighted by Crippen LogP contribution is -2.42. The largest absolute Gasteiger partial charge is 0.327 e. The molecule has 0 radical (unpaired) electrons. The van der Waals surface area contributed by atoms with E-state index in [2.05, 4.69) is 32.8 Å². The van der Waals surface area contributed by atoms with E-state index in [9.17, 15) is 0 Å². The van der Waals surface area contributed by atoms with Gasteiger partial charge in [-0.1, -0.05) is 13.8 Å². The summed E-state index contributed by atoms with van der Waals surface area (Å²) in [5.74, 6) is 2.44. The molecule has 0 aromatic heterocycles. The second kappa shape index (κ2) is 5.13. The molecule has 2 heteroatoms. The fourth-order valence-corrected chi connectivity index (χ4v) is 2.61. The number of hydrogen-bond donors (Lipinski definition) is 1. The standard InChI is InChI=1S/C12H26N2/c1-9(2)10-5-6-12(13)11(7-10)8-14(3)4/h9-12H,5-8,13H2,1-4H3. The lowest BCUT2D eigenvalue weighted by Gasteiger charge is -2.37. The summed E-state index contributed by atoms with van der Waals surface area (Å²) in [6.07, 6.45) is 3.89. The van der Waals surface area contributed by atoms with Crippen LogP contribution in [0.5, 0.6) is 0 Å². The Kier molecular flexibility index (Phi) is 4.39. The van der Waals surface area contributed by atoms with Crippen molar-refractivity contribution < 1.29 is 0 Å². The Balaban J connectivity index is 2.46. The average Bonchev–Trinajstić information content (AvgIpc) is 2.07. The van der Waals surface area contributed by atoms with Crippen LogP contribution >= 0.6 is 0 Å². The van der Waals surface area contributed by atoms with Crippen molar-refractivity contribution in [1.29, 1.82) is 0 Å². The third-order valence-corrected chi connectivity index (χ3v) is 3.62. The average molecular weight is 198 g/mol. The van der Waals surface area contributed by atoms with E-state index < -0.39 is 0 Å². The molecule has 0 saturated heterocycles. The van der Waals surface area contributed by atoms with Crippen molar-refractivity contribution in [3.8, 4) is 0 Å². The number of nitrogens with zero attached hydrogens (tertiary/aromatic N) is 1. The zero-order valence-electron chi connectivity index (χ0n) is 10.2. The molecule has 84 valence electrons. The van der Waals surface area contributed by atoms with Gasteiger partial charge < -0.3 is 10.6 Å². The molecule has 2 nitrogen and oxygen atoms in total. The van der Waals surface area contributed by atoms with E-state index in [0.29, 0.717) is 12.0 Å². The SMILES string of the molecule is CC(C)C1CCC(N)C(CN(C)C)C1. The quantitative estimate of drug-likeness (QED) is 0.751. The van der Waals surface area contributed by atoms with Gasteiger partial charge in [-0.15, -0.1) is 0 Å². The highest BCUT2D eigenvalue weighted by Crippen LogP contribution is 2.33. The molecule has 0 aliphatic heterocycles. The Hall–Kier alpha value is -0.0800. The lowest BCUT2D eigenvalue weighted by molar-refractivity contribution is 0.160. The molecule has 1 saturated carbocycles. The van der Waals surface area contributed by atoms with Crippen LogP contribution in [-0.2, 0) is 0 Å². The summed E-state index contributed by atoms with van der Waals surface area (Å²) in [6, 6.07) is 0.437. The first-order valence-corrected chi connectivity index (χ1v) is 5.91. The molecule has 3 unspecified atom stereocenters. The van der Waals surface area contributed by atoms with Gasteiger partial charge in [0.15, 0.2) is 0 Å². The molecule has 1 fully saturated rings. The predicted molar refractivity (Wildman–Crippen MR) is 62.2 cm³/mol. The first-order valence-electron chi connectivity index (χ1n) is 5.91. The Bertz CT molecular complexity index is 166. The molecule has 0 aromatic carbocycles. The molecule has 0 heterocycles. The second-order valence-corrected chi connectivity index (χ2v) is 5.50. The molecule has 1 aliphatic carbocycles. The van der Waals surface area contributed by atoms with Gasteiger partial charge >= 0.3 is 0 Å². The molecular weight excluding hydrogens is 172 g/mol. The van der Waals surface area contributed by atoms with Crippen LogP contribution in [0.25, 0.3) is 0 Å². The molecule has 14 heavy (non-hydrogen) atoms. The third-order valence-electron chi connectivity index (χ3n) is 3.62. The van der Waals surface area contributed by atoms with Crippen molar-refractivity contribution in [1.82, 2.24) is 4.90 Å². The zero-order chi connectivity index (χ0) is 10.7. The molecule has 0 bridgehead atoms. The van der Waals surface area contributed by atoms with Crippen molar-refractivity contribution in [2.24, 2.45) is 23.5 Å². The fourth-order valence-electron chi connectivity index (χ4n) is 2.61. The second-order valence-electron chi connectivity index (χ2n) is 5.50. The maximum atomic E-state index is 6.16. The normalized spacial score (nSPS) is 34.1. The summed E-state index contributed by atoms with van der Waals surface area (Å²) in [6.45, 7) is 5.84.